The minimum atomic E-state index is -4.67. The van der Waals surface area contributed by atoms with E-state index in [9.17, 15) is 17.6 Å². The van der Waals surface area contributed by atoms with Gasteiger partial charge in [-0.1, -0.05) is 6.92 Å². The maximum absolute atomic E-state index is 13.4. The van der Waals surface area contributed by atoms with Gasteiger partial charge < -0.3 is 4.90 Å². The fourth-order valence-corrected chi connectivity index (χ4v) is 3.19. The van der Waals surface area contributed by atoms with Crippen molar-refractivity contribution < 1.29 is 17.6 Å². The average Bonchev–Trinajstić information content (AvgIpc) is 2.42. The molecule has 0 aromatic heterocycles. The number of hydrogen-bond acceptors (Lipinski definition) is 2. The average molecular weight is 318 g/mol. The second-order valence-electron chi connectivity index (χ2n) is 6.00. The third-order valence-electron chi connectivity index (χ3n) is 4.20. The monoisotopic (exact) mass is 318 g/mol. The fourth-order valence-electron chi connectivity index (χ4n) is 3.19. The molecule has 1 aromatic rings. The Bertz CT molecular complexity index is 503. The Morgan fingerprint density at radius 2 is 1.73 bits per heavy atom. The van der Waals surface area contributed by atoms with Crippen LogP contribution in [-0.2, 0) is 6.18 Å². The first-order valence-electron chi connectivity index (χ1n) is 7.61. The summed E-state index contributed by atoms with van der Waals surface area (Å²) in [7, 11) is 0. The molecule has 0 radical (unpaired) electrons. The highest BCUT2D eigenvalue weighted by molar-refractivity contribution is 5.50. The molecule has 0 spiro atoms. The highest BCUT2D eigenvalue weighted by Gasteiger charge is 2.35. The highest BCUT2D eigenvalue weighted by atomic mass is 19.4. The van der Waals surface area contributed by atoms with E-state index >= 15 is 0 Å². The molecule has 6 heteroatoms. The van der Waals surface area contributed by atoms with Crippen molar-refractivity contribution in [3.63, 3.8) is 0 Å². The van der Waals surface area contributed by atoms with E-state index in [0.29, 0.717) is 18.8 Å². The molecule has 0 aliphatic carbocycles. The zero-order valence-electron chi connectivity index (χ0n) is 13.1. The molecule has 0 N–H and O–H groups in total. The van der Waals surface area contributed by atoms with Crippen LogP contribution in [0.1, 0.15) is 32.8 Å². The predicted molar refractivity (Wildman–Crippen MR) is 79.5 cm³/mol. The molecular formula is C16H22F4N2. The maximum Gasteiger partial charge on any atom is 0.419 e. The van der Waals surface area contributed by atoms with Crippen molar-refractivity contribution in [2.45, 2.75) is 45.5 Å². The molecule has 0 amide bonds. The second kappa shape index (κ2) is 6.44. The van der Waals surface area contributed by atoms with E-state index in [-0.39, 0.29) is 12.1 Å². The summed E-state index contributed by atoms with van der Waals surface area (Å²) in [6.07, 6.45) is -3.62. The summed E-state index contributed by atoms with van der Waals surface area (Å²) >= 11 is 0. The second-order valence-corrected chi connectivity index (χ2v) is 6.00. The Kier molecular flexibility index (Phi) is 5.00. The molecule has 22 heavy (non-hydrogen) atoms. The van der Waals surface area contributed by atoms with Crippen LogP contribution >= 0.6 is 0 Å². The van der Waals surface area contributed by atoms with Crippen LogP contribution in [0.3, 0.4) is 0 Å². The number of alkyl halides is 3. The van der Waals surface area contributed by atoms with Crippen molar-refractivity contribution in [2.75, 3.05) is 24.5 Å². The summed E-state index contributed by atoms with van der Waals surface area (Å²) in [6.45, 7) is 8.54. The normalized spacial score (nSPS) is 23.9. The van der Waals surface area contributed by atoms with Gasteiger partial charge in [0.25, 0.3) is 0 Å². The lowest BCUT2D eigenvalue weighted by Crippen LogP contribution is -2.56. The molecule has 2 rings (SSSR count). The fraction of sp³-hybridized carbons (Fsp3) is 0.625. The van der Waals surface area contributed by atoms with E-state index in [1.165, 1.54) is 6.07 Å². The lowest BCUT2D eigenvalue weighted by molar-refractivity contribution is -0.139. The van der Waals surface area contributed by atoms with E-state index in [2.05, 4.69) is 25.7 Å². The summed E-state index contributed by atoms with van der Waals surface area (Å²) in [4.78, 5) is 4.28. The Morgan fingerprint density at radius 1 is 1.14 bits per heavy atom. The van der Waals surface area contributed by atoms with Crippen molar-refractivity contribution in [2.24, 2.45) is 0 Å². The first-order chi connectivity index (χ1) is 10.2. The molecule has 1 heterocycles. The van der Waals surface area contributed by atoms with Gasteiger partial charge in [0.2, 0.25) is 0 Å². The molecule has 124 valence electrons. The van der Waals surface area contributed by atoms with Crippen LogP contribution in [0.15, 0.2) is 18.2 Å². The zero-order chi connectivity index (χ0) is 16.5. The standard InChI is InChI=1S/C16H22F4N2/c1-4-7-22-11(2)9-21(10-12(22)3)13-5-6-15(17)14(8-13)16(18,19)20/h5-6,8,11-12H,4,7,9-10H2,1-3H3/t11-,12+. The molecule has 2 nitrogen and oxygen atoms in total. The number of nitrogens with zero attached hydrogens (tertiary/aromatic N) is 2. The van der Waals surface area contributed by atoms with Crippen LogP contribution in [0.4, 0.5) is 23.2 Å². The van der Waals surface area contributed by atoms with Gasteiger partial charge in [-0.3, -0.25) is 4.90 Å². The van der Waals surface area contributed by atoms with Crippen LogP contribution < -0.4 is 4.90 Å². The molecule has 0 unspecified atom stereocenters. The summed E-state index contributed by atoms with van der Waals surface area (Å²) in [5.74, 6) is -1.22. The van der Waals surface area contributed by atoms with Gasteiger partial charge in [0.1, 0.15) is 5.82 Å². The minimum absolute atomic E-state index is 0.253. The Morgan fingerprint density at radius 3 is 2.23 bits per heavy atom. The molecular weight excluding hydrogens is 296 g/mol. The number of rotatable bonds is 3. The number of piperazine rings is 1. The van der Waals surface area contributed by atoms with Crippen LogP contribution in [0, 0.1) is 5.82 Å². The molecule has 0 bridgehead atoms. The van der Waals surface area contributed by atoms with Crippen molar-refractivity contribution in [1.82, 2.24) is 4.90 Å². The van der Waals surface area contributed by atoms with Crippen LogP contribution in [-0.4, -0.2) is 36.6 Å². The van der Waals surface area contributed by atoms with Crippen LogP contribution in [0.25, 0.3) is 0 Å². The van der Waals surface area contributed by atoms with Crippen LogP contribution in [0.2, 0.25) is 0 Å². The third-order valence-corrected chi connectivity index (χ3v) is 4.20. The summed E-state index contributed by atoms with van der Waals surface area (Å²) in [5.41, 5.74) is -0.759. The van der Waals surface area contributed by atoms with Crippen molar-refractivity contribution in [1.29, 1.82) is 0 Å². The molecule has 1 aromatic carbocycles. The Balaban J connectivity index is 2.23. The first kappa shape index (κ1) is 17.1. The quantitative estimate of drug-likeness (QED) is 0.772. The number of anilines is 1. The van der Waals surface area contributed by atoms with Gasteiger partial charge in [-0.2, -0.15) is 13.2 Å². The number of halogens is 4. The van der Waals surface area contributed by atoms with E-state index in [1.54, 1.807) is 0 Å². The number of hydrogen-bond donors (Lipinski definition) is 0. The third kappa shape index (κ3) is 3.54. The molecule has 1 aliphatic rings. The van der Waals surface area contributed by atoms with Gasteiger partial charge >= 0.3 is 6.18 Å². The van der Waals surface area contributed by atoms with E-state index < -0.39 is 17.6 Å². The maximum atomic E-state index is 13.4. The highest BCUT2D eigenvalue weighted by Crippen LogP contribution is 2.34. The summed E-state index contributed by atoms with van der Waals surface area (Å²) in [6, 6.07) is 3.77. The molecule has 1 saturated heterocycles. The number of benzene rings is 1. The van der Waals surface area contributed by atoms with E-state index in [1.807, 2.05) is 4.90 Å². The van der Waals surface area contributed by atoms with E-state index in [4.69, 9.17) is 0 Å². The van der Waals surface area contributed by atoms with Crippen LogP contribution in [0.5, 0.6) is 0 Å². The van der Waals surface area contributed by atoms with Crippen molar-refractivity contribution in [3.05, 3.63) is 29.6 Å². The topological polar surface area (TPSA) is 6.48 Å². The smallest absolute Gasteiger partial charge is 0.368 e. The minimum Gasteiger partial charge on any atom is -0.368 e. The van der Waals surface area contributed by atoms with E-state index in [0.717, 1.165) is 25.1 Å². The molecule has 1 fully saturated rings. The van der Waals surface area contributed by atoms with Gasteiger partial charge in [-0.05, 0) is 45.0 Å². The summed E-state index contributed by atoms with van der Waals surface area (Å²) in [5, 5.41) is 0. The molecule has 2 atom stereocenters. The Labute approximate surface area is 128 Å². The zero-order valence-corrected chi connectivity index (χ0v) is 13.1. The van der Waals surface area contributed by atoms with Gasteiger partial charge in [0.05, 0.1) is 5.56 Å². The largest absolute Gasteiger partial charge is 0.419 e. The lowest BCUT2D eigenvalue weighted by Gasteiger charge is -2.45. The van der Waals surface area contributed by atoms with Crippen molar-refractivity contribution in [3.8, 4) is 0 Å². The molecule has 0 saturated carbocycles. The van der Waals surface area contributed by atoms with Gasteiger partial charge in [0, 0.05) is 30.9 Å². The molecule has 1 aliphatic heterocycles. The van der Waals surface area contributed by atoms with Gasteiger partial charge in [-0.25, -0.2) is 4.39 Å². The SMILES string of the molecule is CCCN1[C@H](C)CN(c2ccc(F)c(C(F)(F)F)c2)C[C@@H]1C. The van der Waals surface area contributed by atoms with Crippen molar-refractivity contribution >= 4 is 5.69 Å². The Hall–Kier alpha value is -1.30. The first-order valence-corrected chi connectivity index (χ1v) is 7.61. The lowest BCUT2D eigenvalue weighted by atomic mass is 10.1. The predicted octanol–water partition coefficient (Wildman–Crippen LogP) is 4.15. The summed E-state index contributed by atoms with van der Waals surface area (Å²) < 4.78 is 51.9. The van der Waals surface area contributed by atoms with Gasteiger partial charge in [-0.15, -0.1) is 0 Å². The van der Waals surface area contributed by atoms with Gasteiger partial charge in [0.15, 0.2) is 0 Å².